The van der Waals surface area contributed by atoms with E-state index in [0.717, 1.165) is 47.8 Å². The Bertz CT molecular complexity index is 671. The minimum Gasteiger partial charge on any atom is -0.388 e. The van der Waals surface area contributed by atoms with Crippen LogP contribution in [-0.4, -0.2) is 43.4 Å². The first-order valence-corrected chi connectivity index (χ1v) is 10.9. The van der Waals surface area contributed by atoms with Gasteiger partial charge in [0.25, 0.3) is 0 Å². The van der Waals surface area contributed by atoms with Crippen molar-refractivity contribution in [2.45, 2.75) is 65.8 Å². The number of carbonyl (C=O) groups excluding carboxylic acids is 1. The lowest BCUT2D eigenvalue weighted by Gasteiger charge is -2.28. The molecule has 5 nitrogen and oxygen atoms in total. The average molecular weight is 421 g/mol. The maximum Gasteiger partial charge on any atom is 0.128 e. The van der Waals surface area contributed by atoms with Crippen molar-refractivity contribution in [3.63, 3.8) is 0 Å². The van der Waals surface area contributed by atoms with Crippen LogP contribution in [-0.2, 0) is 4.79 Å². The molecule has 1 N–H and O–H groups in total. The Hall–Kier alpha value is -1.88. The number of benzene rings is 1. The SMILES string of the molecule is C=N/N=C(/CC(C)C(C)C)N(CCCC=O)C1CC1.CNc1cccc(Cl)c1C. The summed E-state index contributed by atoms with van der Waals surface area (Å²) in [6.45, 7) is 13.1. The van der Waals surface area contributed by atoms with E-state index in [1.807, 2.05) is 32.2 Å². The minimum absolute atomic E-state index is 0.577. The number of aldehydes is 1. The van der Waals surface area contributed by atoms with Gasteiger partial charge in [-0.25, -0.2) is 0 Å². The fourth-order valence-electron chi connectivity index (χ4n) is 2.95. The second kappa shape index (κ2) is 13.4. The van der Waals surface area contributed by atoms with Gasteiger partial charge in [-0.15, -0.1) is 5.10 Å². The smallest absolute Gasteiger partial charge is 0.128 e. The monoisotopic (exact) mass is 420 g/mol. The maximum atomic E-state index is 10.5. The molecule has 6 heteroatoms. The van der Waals surface area contributed by atoms with Crippen LogP contribution in [0.15, 0.2) is 28.4 Å². The van der Waals surface area contributed by atoms with Gasteiger partial charge in [0.2, 0.25) is 0 Å². The number of nitrogens with one attached hydrogen (secondary N) is 1. The van der Waals surface area contributed by atoms with E-state index in [9.17, 15) is 4.79 Å². The average Bonchev–Trinajstić information content (AvgIpc) is 3.52. The van der Waals surface area contributed by atoms with Gasteiger partial charge in [0.05, 0.1) is 0 Å². The summed E-state index contributed by atoms with van der Waals surface area (Å²) >= 11 is 5.85. The van der Waals surface area contributed by atoms with Crippen LogP contribution in [0.4, 0.5) is 5.69 Å². The van der Waals surface area contributed by atoms with Gasteiger partial charge >= 0.3 is 0 Å². The topological polar surface area (TPSA) is 57.1 Å². The van der Waals surface area contributed by atoms with Crippen LogP contribution in [0.3, 0.4) is 0 Å². The zero-order valence-corrected chi connectivity index (χ0v) is 19.4. The first-order chi connectivity index (χ1) is 13.8. The second-order valence-electron chi connectivity index (χ2n) is 7.98. The maximum absolute atomic E-state index is 10.5. The molecule has 1 atom stereocenters. The molecule has 0 heterocycles. The molecule has 1 aliphatic carbocycles. The van der Waals surface area contributed by atoms with Crippen molar-refractivity contribution in [2.75, 3.05) is 18.9 Å². The number of anilines is 1. The molecular weight excluding hydrogens is 384 g/mol. The molecule has 1 aromatic rings. The van der Waals surface area contributed by atoms with Crippen molar-refractivity contribution >= 4 is 36.1 Å². The molecule has 29 heavy (non-hydrogen) atoms. The molecule has 0 aliphatic heterocycles. The Balaban J connectivity index is 0.000000352. The largest absolute Gasteiger partial charge is 0.388 e. The van der Waals surface area contributed by atoms with Crippen LogP contribution in [0.5, 0.6) is 0 Å². The van der Waals surface area contributed by atoms with Crippen molar-refractivity contribution in [2.24, 2.45) is 22.0 Å². The molecule has 2 rings (SSSR count). The van der Waals surface area contributed by atoms with E-state index < -0.39 is 0 Å². The van der Waals surface area contributed by atoms with Crippen LogP contribution in [0.1, 0.15) is 58.4 Å². The van der Waals surface area contributed by atoms with Crippen LogP contribution in [0, 0.1) is 18.8 Å². The minimum atomic E-state index is 0.577. The summed E-state index contributed by atoms with van der Waals surface area (Å²) in [5.74, 6) is 2.25. The zero-order valence-electron chi connectivity index (χ0n) is 18.6. The van der Waals surface area contributed by atoms with E-state index >= 15 is 0 Å². The predicted molar refractivity (Wildman–Crippen MR) is 126 cm³/mol. The Kier molecular flexibility index (Phi) is 11.6. The Morgan fingerprint density at radius 1 is 1.38 bits per heavy atom. The van der Waals surface area contributed by atoms with E-state index in [-0.39, 0.29) is 0 Å². The van der Waals surface area contributed by atoms with Gasteiger partial charge in [-0.1, -0.05) is 38.4 Å². The quantitative estimate of drug-likeness (QED) is 0.171. The number of hydrogen-bond donors (Lipinski definition) is 1. The zero-order chi connectivity index (χ0) is 21.8. The second-order valence-corrected chi connectivity index (χ2v) is 8.39. The van der Waals surface area contributed by atoms with Gasteiger partial charge in [0.1, 0.15) is 12.1 Å². The third-order valence-electron chi connectivity index (χ3n) is 5.41. The fourth-order valence-corrected chi connectivity index (χ4v) is 3.13. The van der Waals surface area contributed by atoms with Crippen molar-refractivity contribution in [3.05, 3.63) is 28.8 Å². The Morgan fingerprint density at radius 2 is 2.07 bits per heavy atom. The fraction of sp³-hybridized carbons (Fsp3) is 0.609. The third-order valence-corrected chi connectivity index (χ3v) is 5.82. The van der Waals surface area contributed by atoms with Crippen molar-refractivity contribution in [1.29, 1.82) is 0 Å². The number of carbonyl (C=O) groups is 1. The molecule has 0 radical (unpaired) electrons. The number of nitrogens with zero attached hydrogens (tertiary/aromatic N) is 3. The highest BCUT2D eigenvalue weighted by molar-refractivity contribution is 6.31. The molecular formula is C23H37ClN4O. The number of hydrogen-bond acceptors (Lipinski definition) is 4. The lowest BCUT2D eigenvalue weighted by Crippen LogP contribution is -2.35. The normalized spacial score (nSPS) is 14.7. The van der Waals surface area contributed by atoms with Gasteiger partial charge in [-0.05, 0) is 55.7 Å². The molecule has 1 saturated carbocycles. The van der Waals surface area contributed by atoms with Crippen LogP contribution in [0.25, 0.3) is 0 Å². The highest BCUT2D eigenvalue weighted by atomic mass is 35.5. The summed E-state index contributed by atoms with van der Waals surface area (Å²) in [6.07, 6.45) is 5.91. The molecule has 1 aromatic carbocycles. The first-order valence-electron chi connectivity index (χ1n) is 10.5. The summed E-state index contributed by atoms with van der Waals surface area (Å²) in [4.78, 5) is 12.8. The van der Waals surface area contributed by atoms with Gasteiger partial charge in [0.15, 0.2) is 0 Å². The van der Waals surface area contributed by atoms with E-state index in [2.05, 4.69) is 47.9 Å². The van der Waals surface area contributed by atoms with E-state index in [1.165, 1.54) is 12.8 Å². The number of amidine groups is 1. The highest BCUT2D eigenvalue weighted by Gasteiger charge is 2.31. The molecule has 1 fully saturated rings. The molecule has 0 aromatic heterocycles. The Labute approximate surface area is 181 Å². The Morgan fingerprint density at radius 3 is 2.55 bits per heavy atom. The summed E-state index contributed by atoms with van der Waals surface area (Å²) in [6, 6.07) is 6.42. The standard InChI is InChI=1S/C15H27N3O.C8H10ClN/c1-12(2)13(3)11-15(17-16-4)18(14-7-8-14)9-5-6-10-19;1-6-7(9)4-3-5-8(6)10-2/h10,12-14H,4-9,11H2,1-3H3;3-5,10H,1-2H3/b17-15-;. The van der Waals surface area contributed by atoms with Crippen LogP contribution < -0.4 is 5.32 Å². The van der Waals surface area contributed by atoms with E-state index in [4.69, 9.17) is 11.6 Å². The predicted octanol–water partition coefficient (Wildman–Crippen LogP) is 5.82. The number of unbranched alkanes of at least 4 members (excludes halogenated alkanes) is 1. The summed E-state index contributed by atoms with van der Waals surface area (Å²) < 4.78 is 0. The van der Waals surface area contributed by atoms with Crippen molar-refractivity contribution in [1.82, 2.24) is 4.90 Å². The molecule has 1 unspecified atom stereocenters. The highest BCUT2D eigenvalue weighted by Crippen LogP contribution is 2.29. The summed E-state index contributed by atoms with van der Waals surface area (Å²) in [5.41, 5.74) is 2.19. The van der Waals surface area contributed by atoms with Crippen molar-refractivity contribution < 1.29 is 4.79 Å². The van der Waals surface area contributed by atoms with E-state index in [1.54, 1.807) is 0 Å². The molecule has 0 saturated heterocycles. The molecule has 0 spiro atoms. The van der Waals surface area contributed by atoms with E-state index in [0.29, 0.717) is 24.3 Å². The van der Waals surface area contributed by atoms with Gasteiger partial charge in [-0.2, -0.15) is 5.10 Å². The lowest BCUT2D eigenvalue weighted by molar-refractivity contribution is -0.107. The third kappa shape index (κ3) is 8.99. The van der Waals surface area contributed by atoms with Gasteiger partial charge in [-0.3, -0.25) is 0 Å². The van der Waals surface area contributed by atoms with Crippen molar-refractivity contribution in [3.8, 4) is 0 Å². The number of rotatable bonds is 10. The first kappa shape index (κ1) is 25.2. The molecule has 0 bridgehead atoms. The summed E-state index contributed by atoms with van der Waals surface area (Å²) in [7, 11) is 1.89. The molecule has 162 valence electrons. The molecule has 1 aliphatic rings. The van der Waals surface area contributed by atoms with Gasteiger partial charge < -0.3 is 15.0 Å². The summed E-state index contributed by atoms with van der Waals surface area (Å²) in [5, 5.41) is 11.9. The van der Waals surface area contributed by atoms with Crippen LogP contribution >= 0.6 is 11.6 Å². The molecule has 0 amide bonds. The van der Waals surface area contributed by atoms with Gasteiger partial charge in [0, 0.05) is 49.9 Å². The van der Waals surface area contributed by atoms with Crippen LogP contribution in [0.2, 0.25) is 5.02 Å². The lowest BCUT2D eigenvalue weighted by atomic mass is 9.94. The number of halogens is 1.